The van der Waals surface area contributed by atoms with Crippen LogP contribution in [0.4, 0.5) is 8.78 Å². The zero-order valence-electron chi connectivity index (χ0n) is 25.4. The first-order valence-corrected chi connectivity index (χ1v) is 15.7. The maximum atomic E-state index is 16.7. The van der Waals surface area contributed by atoms with E-state index in [1.54, 1.807) is 6.07 Å². The van der Waals surface area contributed by atoms with Gasteiger partial charge in [-0.2, -0.15) is 0 Å². The van der Waals surface area contributed by atoms with Gasteiger partial charge in [-0.25, -0.2) is 8.78 Å². The number of carbonyl (C=O) groups is 1. The highest BCUT2D eigenvalue weighted by Crippen LogP contribution is 2.57. The van der Waals surface area contributed by atoms with E-state index in [1.165, 1.54) is 13.1 Å². The molecule has 3 aromatic carbocycles. The van der Waals surface area contributed by atoms with E-state index in [9.17, 15) is 15.0 Å². The summed E-state index contributed by atoms with van der Waals surface area (Å²) in [5.41, 5.74) is 0.271. The Labute approximate surface area is 261 Å². The number of rotatable bonds is 6. The van der Waals surface area contributed by atoms with E-state index >= 15 is 8.78 Å². The number of carbonyl (C=O) groups excluding carboxylic acids is 1. The minimum absolute atomic E-state index is 0.0246. The Hall–Kier alpha value is -3.04. The number of hydrogen-bond acceptors (Lipinski definition) is 5. The second kappa shape index (κ2) is 11.4. The molecule has 2 aliphatic carbocycles. The Kier molecular flexibility index (Phi) is 8.02. The van der Waals surface area contributed by atoms with Crippen LogP contribution in [0.5, 0.6) is 5.75 Å². The summed E-state index contributed by atoms with van der Waals surface area (Å²) < 4.78 is 39.1. The molecule has 9 heteroatoms. The van der Waals surface area contributed by atoms with Gasteiger partial charge in [0.25, 0.3) is 5.91 Å². The van der Waals surface area contributed by atoms with E-state index < -0.39 is 40.8 Å². The Morgan fingerprint density at radius 1 is 1.09 bits per heavy atom. The van der Waals surface area contributed by atoms with Crippen molar-refractivity contribution in [1.82, 2.24) is 10.6 Å². The van der Waals surface area contributed by atoms with Gasteiger partial charge in [-0.1, -0.05) is 55.8 Å². The molecule has 0 aromatic heterocycles. The van der Waals surface area contributed by atoms with Crippen molar-refractivity contribution in [3.05, 3.63) is 86.9 Å². The van der Waals surface area contributed by atoms with Gasteiger partial charge < -0.3 is 25.6 Å². The topological polar surface area (TPSA) is 90.8 Å². The van der Waals surface area contributed by atoms with E-state index in [1.807, 2.05) is 51.1 Å². The van der Waals surface area contributed by atoms with Crippen molar-refractivity contribution in [1.29, 1.82) is 0 Å². The molecular formula is C35H39ClF2N2O4. The average molecular weight is 625 g/mol. The second-order valence-electron chi connectivity index (χ2n) is 13.1. The minimum Gasteiger partial charge on any atom is -0.480 e. The highest BCUT2D eigenvalue weighted by atomic mass is 35.5. The first kappa shape index (κ1) is 31.0. The lowest BCUT2D eigenvalue weighted by Gasteiger charge is -2.38. The summed E-state index contributed by atoms with van der Waals surface area (Å²) in [6.07, 6.45) is 2.28. The highest BCUT2D eigenvalue weighted by Gasteiger charge is 2.50. The number of fused-ring (bicyclic) bond motifs is 2. The number of amides is 1. The van der Waals surface area contributed by atoms with Crippen LogP contribution in [0.3, 0.4) is 0 Å². The van der Waals surface area contributed by atoms with Gasteiger partial charge in [-0.3, -0.25) is 4.79 Å². The zero-order chi connectivity index (χ0) is 31.6. The molecule has 4 N–H and O–H groups in total. The van der Waals surface area contributed by atoms with Crippen LogP contribution in [0.25, 0.3) is 11.1 Å². The van der Waals surface area contributed by atoms with E-state index in [2.05, 4.69) is 10.6 Å². The highest BCUT2D eigenvalue weighted by molar-refractivity contribution is 6.34. The van der Waals surface area contributed by atoms with Crippen LogP contribution in [0, 0.1) is 17.6 Å². The average Bonchev–Trinajstić information content (AvgIpc) is 3.45. The summed E-state index contributed by atoms with van der Waals surface area (Å²) in [5.74, 6) is -2.59. The molecular weight excluding hydrogens is 586 g/mol. The maximum Gasteiger partial charge on any atom is 0.251 e. The van der Waals surface area contributed by atoms with Crippen molar-refractivity contribution in [2.24, 2.45) is 5.92 Å². The van der Waals surface area contributed by atoms with Gasteiger partial charge in [0.15, 0.2) is 5.60 Å². The van der Waals surface area contributed by atoms with Gasteiger partial charge in [0.2, 0.25) is 0 Å². The molecule has 1 fully saturated rings. The number of benzene rings is 3. The first-order valence-electron chi connectivity index (χ1n) is 15.4. The SMILES string of the molecule is CNC(=O)c1cc2c(c(F)c1-c1c(Cl)c(F)cc3c1[C@H](C)[C@@](CN[C@H]1CC[C@](C)(O)CC1)(c1ccccc1)O3)C(O)C(C)C2. The Morgan fingerprint density at radius 2 is 1.77 bits per heavy atom. The molecule has 6 nitrogen and oxygen atoms in total. The molecule has 0 saturated heterocycles. The number of nitrogens with one attached hydrogen (secondary N) is 2. The summed E-state index contributed by atoms with van der Waals surface area (Å²) in [4.78, 5) is 13.2. The van der Waals surface area contributed by atoms with Crippen LogP contribution in [0.15, 0.2) is 42.5 Å². The Morgan fingerprint density at radius 3 is 2.43 bits per heavy atom. The molecule has 0 bridgehead atoms. The molecule has 3 aromatic rings. The quantitative estimate of drug-likeness (QED) is 0.250. The Balaban J connectivity index is 1.52. The van der Waals surface area contributed by atoms with Crippen molar-refractivity contribution in [3.63, 3.8) is 0 Å². The summed E-state index contributed by atoms with van der Waals surface area (Å²) in [5, 5.41) is 27.3. The van der Waals surface area contributed by atoms with Crippen LogP contribution < -0.4 is 15.4 Å². The summed E-state index contributed by atoms with van der Waals surface area (Å²) in [6.45, 7) is 5.99. The third-order valence-electron chi connectivity index (χ3n) is 10.1. The van der Waals surface area contributed by atoms with Gasteiger partial charge >= 0.3 is 0 Å². The second-order valence-corrected chi connectivity index (χ2v) is 13.5. The van der Waals surface area contributed by atoms with Gasteiger partial charge in [0.1, 0.15) is 17.4 Å². The number of ether oxygens (including phenoxy) is 1. The third-order valence-corrected chi connectivity index (χ3v) is 10.5. The third kappa shape index (κ3) is 5.00. The number of aliphatic hydroxyl groups excluding tert-OH is 1. The van der Waals surface area contributed by atoms with E-state index in [0.717, 1.165) is 18.4 Å². The van der Waals surface area contributed by atoms with Crippen molar-refractivity contribution in [2.75, 3.05) is 13.6 Å². The van der Waals surface area contributed by atoms with Crippen LogP contribution in [-0.4, -0.2) is 41.4 Å². The van der Waals surface area contributed by atoms with Crippen molar-refractivity contribution >= 4 is 17.5 Å². The molecule has 6 rings (SSSR count). The molecule has 2 unspecified atom stereocenters. The predicted octanol–water partition coefficient (Wildman–Crippen LogP) is 6.55. The molecule has 234 valence electrons. The molecule has 1 amide bonds. The summed E-state index contributed by atoms with van der Waals surface area (Å²) >= 11 is 6.72. The van der Waals surface area contributed by atoms with Crippen molar-refractivity contribution < 1.29 is 28.5 Å². The molecule has 3 aliphatic rings. The standard InChI is InChI=1S/C35H39ClF2N2O4/c1-18-14-20-15-23(33(42)39-4)28(31(38)27(20)32(18)41)29-26-19(2)35(21-8-6-5-7-9-21,44-25(26)16-24(37)30(29)36)17-40-22-10-12-34(3,43)13-11-22/h5-9,15-16,18-19,22,32,40-41,43H,10-14,17H2,1-4H3,(H,39,42)/t18?,19-,22-,32?,34-,35-/m0/s1. The normalized spacial score (nSPS) is 29.2. The number of hydrogen-bond donors (Lipinski definition) is 4. The monoisotopic (exact) mass is 624 g/mol. The molecule has 0 radical (unpaired) electrons. The molecule has 1 saturated carbocycles. The largest absolute Gasteiger partial charge is 0.480 e. The number of aliphatic hydroxyl groups is 2. The fourth-order valence-corrected chi connectivity index (χ4v) is 7.71. The van der Waals surface area contributed by atoms with Gasteiger partial charge in [-0.15, -0.1) is 0 Å². The van der Waals surface area contributed by atoms with Crippen LogP contribution in [0.2, 0.25) is 5.02 Å². The molecule has 0 spiro atoms. The lowest BCUT2D eigenvalue weighted by molar-refractivity contribution is 0.00890. The van der Waals surface area contributed by atoms with E-state index in [4.69, 9.17) is 16.3 Å². The minimum atomic E-state index is -1.07. The summed E-state index contributed by atoms with van der Waals surface area (Å²) in [7, 11) is 1.45. The predicted molar refractivity (Wildman–Crippen MR) is 166 cm³/mol. The van der Waals surface area contributed by atoms with Gasteiger partial charge in [-0.05, 0) is 62.1 Å². The first-order chi connectivity index (χ1) is 20.9. The molecule has 1 aliphatic heterocycles. The smallest absolute Gasteiger partial charge is 0.251 e. The van der Waals surface area contributed by atoms with Crippen molar-refractivity contribution in [3.8, 4) is 16.9 Å². The van der Waals surface area contributed by atoms with Gasteiger partial charge in [0, 0.05) is 53.9 Å². The molecule has 4 atom stereocenters. The fourth-order valence-electron chi connectivity index (χ4n) is 7.46. The lowest BCUT2D eigenvalue weighted by atomic mass is 9.76. The maximum absolute atomic E-state index is 16.7. The lowest BCUT2D eigenvalue weighted by Crippen LogP contribution is -2.49. The van der Waals surface area contributed by atoms with Crippen LogP contribution in [-0.2, 0) is 12.0 Å². The fraction of sp³-hybridized carbons (Fsp3) is 0.457. The molecule has 1 heterocycles. The van der Waals surface area contributed by atoms with Gasteiger partial charge in [0.05, 0.1) is 22.3 Å². The Bertz CT molecular complexity index is 1600. The van der Waals surface area contributed by atoms with Crippen molar-refractivity contribution in [2.45, 2.75) is 82.1 Å². The van der Waals surface area contributed by atoms with Crippen LogP contribution >= 0.6 is 11.6 Å². The van der Waals surface area contributed by atoms with E-state index in [0.29, 0.717) is 36.9 Å². The summed E-state index contributed by atoms with van der Waals surface area (Å²) in [6, 6.07) is 12.6. The number of halogens is 3. The van der Waals surface area contributed by atoms with E-state index in [-0.39, 0.29) is 45.0 Å². The molecule has 44 heavy (non-hydrogen) atoms. The van der Waals surface area contributed by atoms with Crippen LogP contribution in [0.1, 0.15) is 91.1 Å². The zero-order valence-corrected chi connectivity index (χ0v) is 26.2.